The standard InChI is InChI=1S/C10H22Cl2N2O4.2C6H12Br2O4/c11-1-3-13-5-7(15)9(17)10(18)8(16)6-14-4-2-12;2*7-1-3(9)5(11)6(12)4(10)2-8/h7-10,13-18H,1-6H2;2*3-6,9-12H,1-2H2/t7-,8-,9-,10-;3-,4+,5+,6-;3-,4-,5-,6-/m1.1/s1. The van der Waals surface area contributed by atoms with E-state index in [-0.39, 0.29) is 34.4 Å². The maximum absolute atomic E-state index is 9.63. The molecule has 0 saturated carbocycles. The predicted molar refractivity (Wildman–Crippen MR) is 174 cm³/mol. The van der Waals surface area contributed by atoms with Crippen LogP contribution in [0, 0.1) is 0 Å². The summed E-state index contributed by atoms with van der Waals surface area (Å²) in [5.74, 6) is 0.771. The second kappa shape index (κ2) is 30.3. The molecule has 0 unspecified atom stereocenters. The number of aliphatic hydroxyl groups excluding tert-OH is 12. The molecule has 0 aromatic rings. The number of alkyl halides is 6. The van der Waals surface area contributed by atoms with Crippen molar-refractivity contribution < 1.29 is 61.3 Å². The van der Waals surface area contributed by atoms with Gasteiger partial charge in [-0.15, -0.1) is 23.2 Å². The van der Waals surface area contributed by atoms with E-state index in [1.807, 2.05) is 0 Å². The molecule has 0 aliphatic rings. The van der Waals surface area contributed by atoms with Crippen molar-refractivity contribution in [3.63, 3.8) is 0 Å². The lowest BCUT2D eigenvalue weighted by atomic mass is 10.0. The Morgan fingerprint density at radius 2 is 0.571 bits per heavy atom. The van der Waals surface area contributed by atoms with Crippen LogP contribution in [-0.2, 0) is 0 Å². The molecule has 0 amide bonds. The van der Waals surface area contributed by atoms with Crippen LogP contribution in [0.1, 0.15) is 0 Å². The average molecular weight is 921 g/mol. The van der Waals surface area contributed by atoms with Crippen LogP contribution in [0.5, 0.6) is 0 Å². The van der Waals surface area contributed by atoms with Gasteiger partial charge in [-0.3, -0.25) is 0 Å². The van der Waals surface area contributed by atoms with Crippen LogP contribution in [-0.4, -0.2) is 194 Å². The summed E-state index contributed by atoms with van der Waals surface area (Å²) in [5, 5.41) is 118. The van der Waals surface area contributed by atoms with Gasteiger partial charge in [0.25, 0.3) is 0 Å². The monoisotopic (exact) mass is 916 g/mol. The van der Waals surface area contributed by atoms with E-state index in [2.05, 4.69) is 74.4 Å². The molecule has 0 rings (SSSR count). The average Bonchev–Trinajstić information content (AvgIpc) is 3.01. The summed E-state index contributed by atoms with van der Waals surface area (Å²) in [6.45, 7) is 1.15. The molecule has 0 aromatic carbocycles. The molecule has 0 heterocycles. The molecule has 0 spiro atoms. The van der Waals surface area contributed by atoms with Crippen LogP contribution in [0.15, 0.2) is 0 Å². The molecule has 258 valence electrons. The Morgan fingerprint density at radius 3 is 0.738 bits per heavy atom. The van der Waals surface area contributed by atoms with Crippen LogP contribution in [0.4, 0.5) is 0 Å². The fourth-order valence-corrected chi connectivity index (χ4v) is 4.41. The third-order valence-corrected chi connectivity index (χ3v) is 8.33. The molecule has 12 atom stereocenters. The lowest BCUT2D eigenvalue weighted by Gasteiger charge is -2.26. The molecule has 0 saturated heterocycles. The first-order valence-corrected chi connectivity index (χ1v) is 18.1. The van der Waals surface area contributed by atoms with Gasteiger partial charge in [-0.1, -0.05) is 63.7 Å². The molecule has 0 aromatic heterocycles. The third-order valence-electron chi connectivity index (χ3n) is 5.30. The molecular weight excluding hydrogens is 875 g/mol. The van der Waals surface area contributed by atoms with Crippen molar-refractivity contribution in [3.8, 4) is 0 Å². The molecule has 14 N–H and O–H groups in total. The quantitative estimate of drug-likeness (QED) is 0.0394. The fraction of sp³-hybridized carbons (Fsp3) is 1.00. The van der Waals surface area contributed by atoms with E-state index < -0.39 is 73.2 Å². The Kier molecular flexibility index (Phi) is 34.9. The first-order chi connectivity index (χ1) is 19.6. The summed E-state index contributed by atoms with van der Waals surface area (Å²) >= 11 is 22.6. The van der Waals surface area contributed by atoms with E-state index in [4.69, 9.17) is 43.6 Å². The van der Waals surface area contributed by atoms with E-state index in [0.29, 0.717) is 24.8 Å². The Balaban J connectivity index is -0.000000562. The van der Waals surface area contributed by atoms with Gasteiger partial charge in [0, 0.05) is 59.3 Å². The summed E-state index contributed by atoms with van der Waals surface area (Å²) in [5.41, 5.74) is 0. The van der Waals surface area contributed by atoms with Gasteiger partial charge in [0.15, 0.2) is 0 Å². The minimum absolute atomic E-state index is 0.0901. The largest absolute Gasteiger partial charge is 0.389 e. The zero-order valence-electron chi connectivity index (χ0n) is 22.6. The van der Waals surface area contributed by atoms with Gasteiger partial charge in [-0.2, -0.15) is 0 Å². The van der Waals surface area contributed by atoms with Crippen LogP contribution < -0.4 is 10.6 Å². The summed E-state index contributed by atoms with van der Waals surface area (Å²) in [6, 6.07) is 0. The van der Waals surface area contributed by atoms with Crippen molar-refractivity contribution in [1.82, 2.24) is 10.6 Å². The van der Waals surface area contributed by atoms with Gasteiger partial charge in [0.05, 0.1) is 36.6 Å². The molecule has 0 fully saturated rings. The van der Waals surface area contributed by atoms with Crippen LogP contribution in [0.25, 0.3) is 0 Å². The fourth-order valence-electron chi connectivity index (χ4n) is 2.61. The number of halogens is 6. The van der Waals surface area contributed by atoms with Gasteiger partial charge < -0.3 is 71.9 Å². The van der Waals surface area contributed by atoms with Gasteiger partial charge in [-0.25, -0.2) is 0 Å². The second-order valence-corrected chi connectivity index (χ2v) is 12.1. The number of nitrogens with one attached hydrogen (secondary N) is 2. The minimum Gasteiger partial charge on any atom is -0.389 e. The number of rotatable bonds is 21. The van der Waals surface area contributed by atoms with Gasteiger partial charge in [-0.05, 0) is 0 Å². The zero-order chi connectivity index (χ0) is 33.4. The molecule has 0 bridgehead atoms. The SMILES string of the molecule is O[C@@H]([C@H](O)[C@H](O)CBr)[C@H](O)CBr.O[C@@H]([C@H](O)[C@H](O)CNCCCl)[C@H](O)CNCCCl.O[C@H]([C@H](O)[C@@H](O)CBr)[C@H](O)CBr. The molecule has 14 nitrogen and oxygen atoms in total. The van der Waals surface area contributed by atoms with Crippen molar-refractivity contribution in [2.24, 2.45) is 0 Å². The van der Waals surface area contributed by atoms with E-state index in [0.717, 1.165) is 0 Å². The van der Waals surface area contributed by atoms with Gasteiger partial charge >= 0.3 is 0 Å². The van der Waals surface area contributed by atoms with Crippen molar-refractivity contribution in [2.75, 3.05) is 59.3 Å². The Bertz CT molecular complexity index is 534. The third kappa shape index (κ3) is 22.5. The van der Waals surface area contributed by atoms with Gasteiger partial charge in [0.2, 0.25) is 0 Å². The maximum Gasteiger partial charge on any atom is 0.110 e. The van der Waals surface area contributed by atoms with E-state index in [1.165, 1.54) is 0 Å². The minimum atomic E-state index is -1.43. The lowest BCUT2D eigenvalue weighted by molar-refractivity contribution is -0.102. The van der Waals surface area contributed by atoms with E-state index in [9.17, 15) is 40.9 Å². The summed E-state index contributed by atoms with van der Waals surface area (Å²) in [7, 11) is 0. The Hall–Kier alpha value is 1.94. The first kappa shape index (κ1) is 48.3. The highest BCUT2D eigenvalue weighted by Crippen LogP contribution is 2.10. The normalized spacial score (nSPS) is 20.1. The van der Waals surface area contributed by atoms with E-state index in [1.54, 1.807) is 0 Å². The summed E-state index contributed by atoms with van der Waals surface area (Å²) < 4.78 is 0. The maximum atomic E-state index is 9.63. The van der Waals surface area contributed by atoms with Crippen LogP contribution >= 0.6 is 86.9 Å². The molecule has 0 aliphatic heterocycles. The number of hydrogen-bond donors (Lipinski definition) is 14. The highest BCUT2D eigenvalue weighted by molar-refractivity contribution is 9.09. The molecule has 0 radical (unpaired) electrons. The van der Waals surface area contributed by atoms with Crippen molar-refractivity contribution in [2.45, 2.75) is 73.2 Å². The summed E-state index contributed by atoms with van der Waals surface area (Å²) in [6.07, 6.45) is -14.9. The first-order valence-electron chi connectivity index (χ1n) is 12.6. The molecule has 20 heteroatoms. The number of aliphatic hydroxyl groups is 12. The smallest absolute Gasteiger partial charge is 0.110 e. The Morgan fingerprint density at radius 1 is 0.381 bits per heavy atom. The molecule has 0 aliphatic carbocycles. The zero-order valence-corrected chi connectivity index (χ0v) is 30.5. The van der Waals surface area contributed by atoms with Crippen LogP contribution in [0.3, 0.4) is 0 Å². The lowest BCUT2D eigenvalue weighted by Crippen LogP contribution is -2.50. The van der Waals surface area contributed by atoms with Crippen molar-refractivity contribution >= 4 is 86.9 Å². The topological polar surface area (TPSA) is 267 Å². The van der Waals surface area contributed by atoms with Crippen LogP contribution in [0.2, 0.25) is 0 Å². The van der Waals surface area contributed by atoms with Gasteiger partial charge in [0.1, 0.15) is 36.6 Å². The highest BCUT2D eigenvalue weighted by atomic mass is 79.9. The molecular formula is C22H46Br4Cl2N2O12. The molecule has 42 heavy (non-hydrogen) atoms. The van der Waals surface area contributed by atoms with Crippen molar-refractivity contribution in [3.05, 3.63) is 0 Å². The summed E-state index contributed by atoms with van der Waals surface area (Å²) in [4.78, 5) is 0. The number of hydrogen-bond acceptors (Lipinski definition) is 14. The predicted octanol–water partition coefficient (Wildman–Crippen LogP) is -3.47. The second-order valence-electron chi connectivity index (χ2n) is 8.75. The Labute approximate surface area is 289 Å². The highest BCUT2D eigenvalue weighted by Gasteiger charge is 2.31. The van der Waals surface area contributed by atoms with Crippen molar-refractivity contribution in [1.29, 1.82) is 0 Å². The van der Waals surface area contributed by atoms with E-state index >= 15 is 0 Å².